The number of rotatable bonds is 1. The molecule has 0 aliphatic carbocycles. The van der Waals surface area contributed by atoms with Gasteiger partial charge >= 0.3 is 6.09 Å². The van der Waals surface area contributed by atoms with Crippen LogP contribution in [0.3, 0.4) is 0 Å². The molecule has 0 saturated carbocycles. The van der Waals surface area contributed by atoms with Crippen LogP contribution in [0.15, 0.2) is 24.3 Å². The fourth-order valence-electron chi connectivity index (χ4n) is 1.84. The lowest BCUT2D eigenvalue weighted by molar-refractivity contribution is 0.142. The molecule has 4 nitrogen and oxygen atoms in total. The number of nitrogens with zero attached hydrogens (tertiary/aromatic N) is 2. The molecular formula is C13H14N2O2. The third kappa shape index (κ3) is 2.97. The molecule has 1 amide bonds. The number of hydrogen-bond donors (Lipinski definition) is 0. The van der Waals surface area contributed by atoms with Gasteiger partial charge in [-0.3, -0.25) is 0 Å². The predicted octanol–water partition coefficient (Wildman–Crippen LogP) is 2.54. The van der Waals surface area contributed by atoms with Crippen LogP contribution in [0.1, 0.15) is 24.8 Å². The summed E-state index contributed by atoms with van der Waals surface area (Å²) in [5, 5.41) is 8.65. The first-order chi connectivity index (χ1) is 8.29. The predicted molar refractivity (Wildman–Crippen MR) is 62.6 cm³/mol. The second-order valence-corrected chi connectivity index (χ2v) is 4.05. The van der Waals surface area contributed by atoms with Crippen molar-refractivity contribution in [2.24, 2.45) is 0 Å². The number of carbonyl (C=O) groups is 1. The van der Waals surface area contributed by atoms with Crippen molar-refractivity contribution in [1.82, 2.24) is 4.90 Å². The normalized spacial score (nSPS) is 15.1. The van der Waals surface area contributed by atoms with E-state index in [1.807, 2.05) is 6.07 Å². The number of ether oxygens (including phenoxy) is 1. The van der Waals surface area contributed by atoms with Gasteiger partial charge in [-0.15, -0.1) is 0 Å². The summed E-state index contributed by atoms with van der Waals surface area (Å²) in [4.78, 5) is 13.5. The quantitative estimate of drug-likeness (QED) is 0.745. The maximum atomic E-state index is 11.8. The molecule has 1 aliphatic heterocycles. The molecule has 0 aromatic heterocycles. The summed E-state index contributed by atoms with van der Waals surface area (Å²) in [6.07, 6.45) is 2.97. The number of piperidine rings is 1. The second kappa shape index (κ2) is 5.35. The lowest BCUT2D eigenvalue weighted by atomic mass is 10.1. The van der Waals surface area contributed by atoms with Crippen molar-refractivity contribution in [2.75, 3.05) is 13.1 Å². The van der Waals surface area contributed by atoms with Gasteiger partial charge in [0.05, 0.1) is 11.6 Å². The maximum absolute atomic E-state index is 11.8. The lowest BCUT2D eigenvalue weighted by Crippen LogP contribution is -2.37. The molecule has 1 aromatic rings. The van der Waals surface area contributed by atoms with E-state index in [2.05, 4.69) is 0 Å². The molecule has 1 saturated heterocycles. The topological polar surface area (TPSA) is 53.3 Å². The Bertz CT molecular complexity index is 428. The van der Waals surface area contributed by atoms with Crippen molar-refractivity contribution in [3.63, 3.8) is 0 Å². The molecular weight excluding hydrogens is 216 g/mol. The highest BCUT2D eigenvalue weighted by Gasteiger charge is 2.18. The van der Waals surface area contributed by atoms with E-state index in [4.69, 9.17) is 10.00 Å². The van der Waals surface area contributed by atoms with E-state index < -0.39 is 0 Å². The summed E-state index contributed by atoms with van der Waals surface area (Å²) < 4.78 is 5.23. The van der Waals surface area contributed by atoms with Crippen LogP contribution in [0.25, 0.3) is 0 Å². The molecule has 4 heteroatoms. The molecule has 0 radical (unpaired) electrons. The second-order valence-electron chi connectivity index (χ2n) is 4.05. The van der Waals surface area contributed by atoms with Crippen LogP contribution in [0.4, 0.5) is 4.79 Å². The minimum Gasteiger partial charge on any atom is -0.410 e. The number of amides is 1. The molecule has 0 unspecified atom stereocenters. The van der Waals surface area contributed by atoms with E-state index in [1.165, 1.54) is 6.42 Å². The highest BCUT2D eigenvalue weighted by atomic mass is 16.6. The number of likely N-dealkylation sites (tertiary alicyclic amines) is 1. The van der Waals surface area contributed by atoms with Crippen molar-refractivity contribution in [3.8, 4) is 11.8 Å². The van der Waals surface area contributed by atoms with Gasteiger partial charge in [0, 0.05) is 13.1 Å². The maximum Gasteiger partial charge on any atom is 0.415 e. The smallest absolute Gasteiger partial charge is 0.410 e. The first-order valence-electron chi connectivity index (χ1n) is 5.76. The molecule has 0 bridgehead atoms. The minimum atomic E-state index is -0.297. The molecule has 17 heavy (non-hydrogen) atoms. The molecule has 1 heterocycles. The Morgan fingerprint density at radius 1 is 1.18 bits per heavy atom. The number of benzene rings is 1. The average molecular weight is 230 g/mol. The molecule has 0 atom stereocenters. The first-order valence-corrected chi connectivity index (χ1v) is 5.76. The van der Waals surface area contributed by atoms with E-state index in [1.54, 1.807) is 29.2 Å². The average Bonchev–Trinajstić information content (AvgIpc) is 2.40. The largest absolute Gasteiger partial charge is 0.415 e. The molecule has 1 aromatic carbocycles. The van der Waals surface area contributed by atoms with Gasteiger partial charge in [0.1, 0.15) is 5.75 Å². The van der Waals surface area contributed by atoms with E-state index in [9.17, 15) is 4.79 Å². The van der Waals surface area contributed by atoms with Gasteiger partial charge in [-0.1, -0.05) is 0 Å². The standard InChI is InChI=1S/C13H14N2O2/c14-10-11-4-6-12(7-5-11)17-13(16)15-8-2-1-3-9-15/h4-7H,1-3,8-9H2. The number of nitriles is 1. The summed E-state index contributed by atoms with van der Waals surface area (Å²) in [7, 11) is 0. The Morgan fingerprint density at radius 2 is 1.82 bits per heavy atom. The van der Waals surface area contributed by atoms with Crippen molar-refractivity contribution in [3.05, 3.63) is 29.8 Å². The number of carbonyl (C=O) groups excluding carboxylic acids is 1. The van der Waals surface area contributed by atoms with Crippen LogP contribution in [0.2, 0.25) is 0 Å². The van der Waals surface area contributed by atoms with Gasteiger partial charge in [-0.05, 0) is 43.5 Å². The Morgan fingerprint density at radius 3 is 2.41 bits per heavy atom. The van der Waals surface area contributed by atoms with Gasteiger partial charge in [0.2, 0.25) is 0 Å². The van der Waals surface area contributed by atoms with E-state index in [-0.39, 0.29) is 6.09 Å². The number of hydrogen-bond acceptors (Lipinski definition) is 3. The van der Waals surface area contributed by atoms with Crippen LogP contribution < -0.4 is 4.74 Å². The van der Waals surface area contributed by atoms with Crippen LogP contribution in [0.5, 0.6) is 5.75 Å². The Labute approximate surface area is 100 Å². The highest BCUT2D eigenvalue weighted by Crippen LogP contribution is 2.15. The van der Waals surface area contributed by atoms with Crippen LogP contribution in [0, 0.1) is 11.3 Å². The fraction of sp³-hybridized carbons (Fsp3) is 0.385. The van der Waals surface area contributed by atoms with Gasteiger partial charge in [0.15, 0.2) is 0 Å². The monoisotopic (exact) mass is 230 g/mol. The highest BCUT2D eigenvalue weighted by molar-refractivity contribution is 5.70. The van der Waals surface area contributed by atoms with Crippen molar-refractivity contribution in [2.45, 2.75) is 19.3 Å². The molecule has 0 spiro atoms. The SMILES string of the molecule is N#Cc1ccc(OC(=O)N2CCCCC2)cc1. The zero-order chi connectivity index (χ0) is 12.1. The van der Waals surface area contributed by atoms with Crippen molar-refractivity contribution in [1.29, 1.82) is 5.26 Å². The summed E-state index contributed by atoms with van der Waals surface area (Å²) in [5.41, 5.74) is 0.558. The molecule has 0 N–H and O–H groups in total. The Hall–Kier alpha value is -2.02. The first kappa shape index (κ1) is 11.5. The van der Waals surface area contributed by atoms with Gasteiger partial charge in [-0.25, -0.2) is 4.79 Å². The molecule has 2 rings (SSSR count). The molecule has 1 aliphatic rings. The zero-order valence-electron chi connectivity index (χ0n) is 9.56. The van der Waals surface area contributed by atoms with Gasteiger partial charge in [0.25, 0.3) is 0 Å². The zero-order valence-corrected chi connectivity index (χ0v) is 9.56. The summed E-state index contributed by atoms with van der Waals surface area (Å²) in [6.45, 7) is 1.55. The molecule has 88 valence electrons. The third-order valence-electron chi connectivity index (χ3n) is 2.80. The van der Waals surface area contributed by atoms with Crippen LogP contribution >= 0.6 is 0 Å². The summed E-state index contributed by atoms with van der Waals surface area (Å²) in [6, 6.07) is 8.57. The molecule has 1 fully saturated rings. The van der Waals surface area contributed by atoms with E-state index >= 15 is 0 Å². The van der Waals surface area contributed by atoms with Gasteiger partial charge in [-0.2, -0.15) is 5.26 Å². The Kier molecular flexibility index (Phi) is 3.61. The Balaban J connectivity index is 1.95. The third-order valence-corrected chi connectivity index (χ3v) is 2.80. The van der Waals surface area contributed by atoms with E-state index in [0.29, 0.717) is 11.3 Å². The minimum absolute atomic E-state index is 0.297. The summed E-state index contributed by atoms with van der Waals surface area (Å²) >= 11 is 0. The van der Waals surface area contributed by atoms with E-state index in [0.717, 1.165) is 25.9 Å². The van der Waals surface area contributed by atoms with Gasteiger partial charge < -0.3 is 9.64 Å². The van der Waals surface area contributed by atoms with Crippen LogP contribution in [-0.2, 0) is 0 Å². The van der Waals surface area contributed by atoms with Crippen molar-refractivity contribution < 1.29 is 9.53 Å². The fourth-order valence-corrected chi connectivity index (χ4v) is 1.84. The van der Waals surface area contributed by atoms with Crippen LogP contribution in [-0.4, -0.2) is 24.1 Å². The lowest BCUT2D eigenvalue weighted by Gasteiger charge is -2.25. The summed E-state index contributed by atoms with van der Waals surface area (Å²) in [5.74, 6) is 0.486. The van der Waals surface area contributed by atoms with Crippen molar-refractivity contribution >= 4 is 6.09 Å².